The molecule has 0 heterocycles. The van der Waals surface area contributed by atoms with Gasteiger partial charge in [0.1, 0.15) is 13.1 Å². The number of hydrogen-bond acceptors (Lipinski definition) is 4. The summed E-state index contributed by atoms with van der Waals surface area (Å²) in [6, 6.07) is 24.2. The summed E-state index contributed by atoms with van der Waals surface area (Å²) in [6.07, 6.45) is 0.260. The van der Waals surface area contributed by atoms with E-state index < -0.39 is 0 Å². The number of amides is 1. The molecule has 2 aromatic rings. The highest BCUT2D eigenvalue weighted by molar-refractivity contribution is 5.76. The highest BCUT2D eigenvalue weighted by atomic mass is 16.2. The molecule has 1 amide bonds. The molecule has 26 heavy (non-hydrogen) atoms. The van der Waals surface area contributed by atoms with Crippen molar-refractivity contribution in [2.75, 3.05) is 26.7 Å². The van der Waals surface area contributed by atoms with Crippen molar-refractivity contribution in [3.63, 3.8) is 0 Å². The highest BCUT2D eigenvalue weighted by Gasteiger charge is 2.21. The molecule has 0 atom stereocenters. The van der Waals surface area contributed by atoms with E-state index >= 15 is 0 Å². The average Bonchev–Trinajstić information content (AvgIpc) is 2.68. The number of carbonyl (C=O) groups excluding carboxylic acids is 1. The fourth-order valence-electron chi connectivity index (χ4n) is 2.93. The Kier molecular flexibility index (Phi) is 7.36. The molecule has 0 saturated heterocycles. The van der Waals surface area contributed by atoms with Gasteiger partial charge in [-0.3, -0.25) is 9.69 Å². The molecule has 0 unspecified atom stereocenters. The average molecular weight is 346 g/mol. The molecule has 0 saturated carbocycles. The smallest absolute Gasteiger partial charge is 0.225 e. The maximum absolute atomic E-state index is 12.3. The van der Waals surface area contributed by atoms with Crippen LogP contribution in [0.15, 0.2) is 60.7 Å². The molecule has 0 aliphatic heterocycles. The lowest BCUT2D eigenvalue weighted by Crippen LogP contribution is -2.35. The maximum atomic E-state index is 12.3. The second-order valence-corrected chi connectivity index (χ2v) is 6.02. The van der Waals surface area contributed by atoms with Crippen LogP contribution < -0.4 is 0 Å². The van der Waals surface area contributed by atoms with Crippen LogP contribution in [-0.2, 0) is 4.79 Å². The minimum atomic E-state index is -0.181. The van der Waals surface area contributed by atoms with Crippen molar-refractivity contribution >= 4 is 5.91 Å². The zero-order valence-corrected chi connectivity index (χ0v) is 14.9. The van der Waals surface area contributed by atoms with Crippen molar-refractivity contribution in [2.24, 2.45) is 0 Å². The molecular weight excluding hydrogens is 324 g/mol. The third kappa shape index (κ3) is 5.17. The van der Waals surface area contributed by atoms with Gasteiger partial charge in [-0.2, -0.15) is 10.5 Å². The fraction of sp³-hybridized carbons (Fsp3) is 0.286. The zero-order valence-electron chi connectivity index (χ0n) is 14.9. The normalized spacial score (nSPS) is 10.3. The number of rotatable bonds is 8. The topological polar surface area (TPSA) is 71.1 Å². The number of nitriles is 2. The van der Waals surface area contributed by atoms with Gasteiger partial charge in [-0.15, -0.1) is 0 Å². The summed E-state index contributed by atoms with van der Waals surface area (Å²) in [5.41, 5.74) is 2.30. The van der Waals surface area contributed by atoms with Crippen LogP contribution in [0.25, 0.3) is 0 Å². The van der Waals surface area contributed by atoms with Crippen molar-refractivity contribution < 1.29 is 4.79 Å². The van der Waals surface area contributed by atoms with Gasteiger partial charge in [-0.1, -0.05) is 60.7 Å². The monoisotopic (exact) mass is 346 g/mol. The molecule has 0 radical (unpaired) electrons. The summed E-state index contributed by atoms with van der Waals surface area (Å²) in [7, 11) is 1.98. The first-order chi connectivity index (χ1) is 12.7. The molecule has 0 aliphatic carbocycles. The van der Waals surface area contributed by atoms with Crippen LogP contribution in [0.5, 0.6) is 0 Å². The van der Waals surface area contributed by atoms with Crippen LogP contribution in [0.4, 0.5) is 0 Å². The molecule has 0 fully saturated rings. The number of carbonyl (C=O) groups is 1. The number of nitrogens with zero attached hydrogens (tertiary/aromatic N) is 4. The third-order valence-electron chi connectivity index (χ3n) is 4.23. The molecule has 5 heteroatoms. The summed E-state index contributed by atoms with van der Waals surface area (Å²) < 4.78 is 0. The van der Waals surface area contributed by atoms with Crippen molar-refractivity contribution in [3.05, 3.63) is 71.8 Å². The minimum Gasteiger partial charge on any atom is -0.316 e. The van der Waals surface area contributed by atoms with Crippen LogP contribution in [0.1, 0.15) is 23.6 Å². The van der Waals surface area contributed by atoms with Gasteiger partial charge in [0.25, 0.3) is 0 Å². The largest absolute Gasteiger partial charge is 0.316 e. The summed E-state index contributed by atoms with van der Waals surface area (Å²) in [4.78, 5) is 15.7. The van der Waals surface area contributed by atoms with Crippen molar-refractivity contribution in [1.29, 1.82) is 10.5 Å². The Morgan fingerprint density at radius 2 is 1.38 bits per heavy atom. The Labute approximate surface area is 154 Å². The van der Waals surface area contributed by atoms with Crippen molar-refractivity contribution in [1.82, 2.24) is 9.80 Å². The number of hydrogen-bond donors (Lipinski definition) is 0. The molecule has 2 rings (SSSR count). The first-order valence-corrected chi connectivity index (χ1v) is 8.49. The van der Waals surface area contributed by atoms with E-state index in [1.54, 1.807) is 0 Å². The molecular formula is C21H22N4O. The van der Waals surface area contributed by atoms with Crippen LogP contribution in [-0.4, -0.2) is 42.4 Å². The van der Waals surface area contributed by atoms with Crippen LogP contribution in [0.2, 0.25) is 0 Å². The van der Waals surface area contributed by atoms with E-state index in [1.807, 2.05) is 55.6 Å². The zero-order chi connectivity index (χ0) is 18.8. The minimum absolute atomic E-state index is 0.0329. The molecule has 0 aliphatic rings. The van der Waals surface area contributed by atoms with E-state index in [4.69, 9.17) is 10.5 Å². The Morgan fingerprint density at radius 1 is 0.923 bits per heavy atom. The third-order valence-corrected chi connectivity index (χ3v) is 4.23. The molecule has 5 nitrogen and oxygen atoms in total. The molecule has 0 spiro atoms. The fourth-order valence-corrected chi connectivity index (χ4v) is 2.93. The standard InChI is InChI=1S/C21H22N4O/c1-24(15-12-20(26)25(16-13-22)17-14-23)21(18-8-4-2-5-9-18)19-10-6-3-7-11-19/h2-11,21H,12,15-17H2,1H3. The van der Waals surface area contributed by atoms with E-state index in [0.717, 1.165) is 11.1 Å². The predicted molar refractivity (Wildman–Crippen MR) is 99.8 cm³/mol. The Balaban J connectivity index is 2.13. The lowest BCUT2D eigenvalue weighted by Gasteiger charge is -2.29. The van der Waals surface area contributed by atoms with E-state index in [1.165, 1.54) is 4.90 Å². The van der Waals surface area contributed by atoms with E-state index in [9.17, 15) is 4.79 Å². The van der Waals surface area contributed by atoms with Gasteiger partial charge < -0.3 is 4.90 Å². The summed E-state index contributed by atoms with van der Waals surface area (Å²) >= 11 is 0. The Hall–Kier alpha value is -3.15. The Bertz CT molecular complexity index is 722. The van der Waals surface area contributed by atoms with Gasteiger partial charge >= 0.3 is 0 Å². The second kappa shape index (κ2) is 9.98. The molecule has 132 valence electrons. The lowest BCUT2D eigenvalue weighted by molar-refractivity contribution is -0.130. The molecule has 2 aromatic carbocycles. The van der Waals surface area contributed by atoms with E-state index in [2.05, 4.69) is 29.2 Å². The lowest BCUT2D eigenvalue weighted by atomic mass is 9.97. The first kappa shape index (κ1) is 19.2. The van der Waals surface area contributed by atoms with Crippen molar-refractivity contribution in [3.8, 4) is 12.1 Å². The summed E-state index contributed by atoms with van der Waals surface area (Å²) in [5.74, 6) is -0.181. The van der Waals surface area contributed by atoms with E-state index in [-0.39, 0.29) is 31.5 Å². The molecule has 0 N–H and O–H groups in total. The van der Waals surface area contributed by atoms with Gasteiger partial charge in [-0.25, -0.2) is 0 Å². The van der Waals surface area contributed by atoms with Gasteiger partial charge in [0.2, 0.25) is 5.91 Å². The molecule has 0 aromatic heterocycles. The highest BCUT2D eigenvalue weighted by Crippen LogP contribution is 2.27. The van der Waals surface area contributed by atoms with Crippen LogP contribution in [0.3, 0.4) is 0 Å². The SMILES string of the molecule is CN(CCC(=O)N(CC#N)CC#N)C(c1ccccc1)c1ccccc1. The van der Waals surface area contributed by atoms with Crippen LogP contribution >= 0.6 is 0 Å². The van der Waals surface area contributed by atoms with Crippen molar-refractivity contribution in [2.45, 2.75) is 12.5 Å². The van der Waals surface area contributed by atoms with Gasteiger partial charge in [0, 0.05) is 13.0 Å². The predicted octanol–water partition coefficient (Wildman–Crippen LogP) is 2.97. The number of benzene rings is 2. The molecule has 0 bridgehead atoms. The first-order valence-electron chi connectivity index (χ1n) is 8.49. The Morgan fingerprint density at radius 3 is 1.81 bits per heavy atom. The second-order valence-electron chi connectivity index (χ2n) is 6.02. The van der Waals surface area contributed by atoms with Crippen LogP contribution in [0, 0.1) is 22.7 Å². The summed E-state index contributed by atoms with van der Waals surface area (Å²) in [6.45, 7) is 0.411. The van der Waals surface area contributed by atoms with Gasteiger partial charge in [0.05, 0.1) is 18.2 Å². The van der Waals surface area contributed by atoms with E-state index in [0.29, 0.717) is 6.54 Å². The quantitative estimate of drug-likeness (QED) is 0.689. The maximum Gasteiger partial charge on any atom is 0.225 e. The van der Waals surface area contributed by atoms with Gasteiger partial charge in [0.15, 0.2) is 0 Å². The van der Waals surface area contributed by atoms with Gasteiger partial charge in [-0.05, 0) is 18.2 Å². The summed E-state index contributed by atoms with van der Waals surface area (Å²) in [5, 5.41) is 17.6.